The van der Waals surface area contributed by atoms with Gasteiger partial charge in [-0.3, -0.25) is 5.10 Å². The Morgan fingerprint density at radius 1 is 1.41 bits per heavy atom. The van der Waals surface area contributed by atoms with Crippen molar-refractivity contribution >= 4 is 16.7 Å². The average molecular weight is 298 g/mol. The van der Waals surface area contributed by atoms with Crippen molar-refractivity contribution in [2.75, 3.05) is 11.9 Å². The molecule has 22 heavy (non-hydrogen) atoms. The molecule has 2 saturated carbocycles. The Balaban J connectivity index is 1.47. The number of pyridine rings is 1. The van der Waals surface area contributed by atoms with Gasteiger partial charge in [-0.15, -0.1) is 0 Å². The first kappa shape index (κ1) is 12.9. The Bertz CT molecular complexity index is 727. The Kier molecular flexibility index (Phi) is 2.60. The number of fused-ring (bicyclic) bond motifs is 1. The van der Waals surface area contributed by atoms with Crippen LogP contribution in [0.3, 0.4) is 0 Å². The highest BCUT2D eigenvalue weighted by Crippen LogP contribution is 2.59. The van der Waals surface area contributed by atoms with Gasteiger partial charge in [-0.25, -0.2) is 4.98 Å². The van der Waals surface area contributed by atoms with E-state index in [9.17, 15) is 0 Å². The number of nitrogens with zero attached hydrogens (tertiary/aromatic N) is 2. The van der Waals surface area contributed by atoms with Crippen LogP contribution < -0.4 is 5.32 Å². The number of rotatable bonds is 2. The van der Waals surface area contributed by atoms with Crippen molar-refractivity contribution in [3.63, 3.8) is 0 Å². The molecule has 1 saturated heterocycles. The molecule has 5 heteroatoms. The summed E-state index contributed by atoms with van der Waals surface area (Å²) in [5, 5.41) is 12.3. The molecule has 2 aliphatic carbocycles. The van der Waals surface area contributed by atoms with Crippen LogP contribution in [-0.4, -0.2) is 33.4 Å². The largest absolute Gasteiger partial charge is 0.381 e. The van der Waals surface area contributed by atoms with Crippen LogP contribution in [-0.2, 0) is 4.74 Å². The van der Waals surface area contributed by atoms with Crippen LogP contribution in [0.5, 0.6) is 0 Å². The normalized spacial score (nSPS) is 36.7. The standard InChI is InChI=1S/C17H22N4O/c1-10-15-14(4-7-18-16(15)21-20-10)19-13-3-2-6-17-11(5-8-22-17)9-12(13)17/h4,7,11-13H,2-3,5-6,8-9H2,1H3,(H2,18,19,20,21). The Hall–Kier alpha value is -1.62. The molecule has 3 heterocycles. The summed E-state index contributed by atoms with van der Waals surface area (Å²) in [4.78, 5) is 4.35. The average Bonchev–Trinajstić information content (AvgIpc) is 3.01. The lowest BCUT2D eigenvalue weighted by molar-refractivity contribution is -0.160. The van der Waals surface area contributed by atoms with E-state index in [0.29, 0.717) is 12.0 Å². The zero-order chi connectivity index (χ0) is 14.7. The molecular formula is C17H22N4O. The van der Waals surface area contributed by atoms with E-state index in [4.69, 9.17) is 4.74 Å². The van der Waals surface area contributed by atoms with Crippen molar-refractivity contribution in [2.45, 2.75) is 50.7 Å². The molecule has 2 aromatic rings. The first-order chi connectivity index (χ1) is 10.8. The number of nitrogens with one attached hydrogen (secondary N) is 2. The zero-order valence-corrected chi connectivity index (χ0v) is 12.9. The number of hydrogen-bond acceptors (Lipinski definition) is 4. The highest BCUT2D eigenvalue weighted by molar-refractivity contribution is 5.91. The maximum atomic E-state index is 6.24. The van der Waals surface area contributed by atoms with Crippen LogP contribution in [0, 0.1) is 18.8 Å². The minimum Gasteiger partial charge on any atom is -0.381 e. The van der Waals surface area contributed by atoms with Crippen LogP contribution >= 0.6 is 0 Å². The lowest BCUT2D eigenvalue weighted by atomic mass is 9.53. The minimum atomic E-state index is 0.202. The maximum absolute atomic E-state index is 6.24. The van der Waals surface area contributed by atoms with Gasteiger partial charge in [-0.05, 0) is 51.0 Å². The quantitative estimate of drug-likeness (QED) is 0.894. The minimum absolute atomic E-state index is 0.202. The molecule has 4 unspecified atom stereocenters. The molecule has 5 rings (SSSR count). The van der Waals surface area contributed by atoms with Gasteiger partial charge in [-0.1, -0.05) is 0 Å². The number of aryl methyl sites for hydroxylation is 1. The molecule has 2 aromatic heterocycles. The summed E-state index contributed by atoms with van der Waals surface area (Å²) in [6.07, 6.45) is 8.21. The molecule has 0 aromatic carbocycles. The summed E-state index contributed by atoms with van der Waals surface area (Å²) in [5.74, 6) is 1.49. The molecule has 1 spiro atoms. The van der Waals surface area contributed by atoms with Crippen molar-refractivity contribution in [3.8, 4) is 0 Å². The Labute approximate surface area is 129 Å². The summed E-state index contributed by atoms with van der Waals surface area (Å²) in [6, 6.07) is 2.60. The highest BCUT2D eigenvalue weighted by Gasteiger charge is 2.62. The molecule has 3 aliphatic rings. The second kappa shape index (κ2) is 4.44. The van der Waals surface area contributed by atoms with Crippen molar-refractivity contribution in [1.82, 2.24) is 15.2 Å². The van der Waals surface area contributed by atoms with Gasteiger partial charge in [0.25, 0.3) is 0 Å². The Morgan fingerprint density at radius 3 is 3.27 bits per heavy atom. The van der Waals surface area contributed by atoms with Crippen molar-refractivity contribution in [1.29, 1.82) is 0 Å². The van der Waals surface area contributed by atoms with Crippen LogP contribution in [0.25, 0.3) is 11.0 Å². The first-order valence-electron chi connectivity index (χ1n) is 8.48. The molecule has 0 bridgehead atoms. The van der Waals surface area contributed by atoms with Crippen LogP contribution in [0.4, 0.5) is 5.69 Å². The summed E-state index contributed by atoms with van der Waals surface area (Å²) in [6.45, 7) is 3.03. The number of aromatic nitrogens is 3. The lowest BCUT2D eigenvalue weighted by Gasteiger charge is -2.57. The van der Waals surface area contributed by atoms with E-state index in [1.54, 1.807) is 0 Å². The number of ether oxygens (including phenoxy) is 1. The summed E-state index contributed by atoms with van der Waals surface area (Å²) in [5.41, 5.74) is 3.25. The second-order valence-electron chi connectivity index (χ2n) is 7.18. The van der Waals surface area contributed by atoms with Gasteiger partial charge in [0, 0.05) is 36.1 Å². The summed E-state index contributed by atoms with van der Waals surface area (Å²) in [7, 11) is 0. The SMILES string of the molecule is Cc1[nH]nc2nccc(NC3CCCC45OCCC4CC35)c12. The van der Waals surface area contributed by atoms with Crippen LogP contribution in [0.1, 0.15) is 37.8 Å². The van der Waals surface area contributed by atoms with Gasteiger partial charge < -0.3 is 10.1 Å². The van der Waals surface area contributed by atoms with E-state index in [2.05, 4.69) is 33.5 Å². The fraction of sp³-hybridized carbons (Fsp3) is 0.647. The van der Waals surface area contributed by atoms with Gasteiger partial charge in [0.1, 0.15) is 0 Å². The topological polar surface area (TPSA) is 62.8 Å². The number of hydrogen-bond donors (Lipinski definition) is 2. The van der Waals surface area contributed by atoms with Gasteiger partial charge in [0.2, 0.25) is 0 Å². The van der Waals surface area contributed by atoms with Gasteiger partial charge in [-0.2, -0.15) is 5.10 Å². The molecule has 5 nitrogen and oxygen atoms in total. The molecule has 0 amide bonds. The summed E-state index contributed by atoms with van der Waals surface area (Å²) >= 11 is 0. The van der Waals surface area contributed by atoms with E-state index in [0.717, 1.165) is 29.3 Å². The number of anilines is 1. The number of H-pyrrole nitrogens is 1. The highest BCUT2D eigenvalue weighted by atomic mass is 16.5. The summed E-state index contributed by atoms with van der Waals surface area (Å²) < 4.78 is 6.24. The zero-order valence-electron chi connectivity index (χ0n) is 12.9. The molecule has 3 fully saturated rings. The van der Waals surface area contributed by atoms with E-state index >= 15 is 0 Å². The van der Waals surface area contributed by atoms with E-state index < -0.39 is 0 Å². The third-order valence-corrected chi connectivity index (χ3v) is 6.24. The second-order valence-corrected chi connectivity index (χ2v) is 7.18. The Morgan fingerprint density at radius 2 is 2.36 bits per heavy atom. The molecule has 4 atom stereocenters. The van der Waals surface area contributed by atoms with Gasteiger partial charge in [0.15, 0.2) is 5.65 Å². The molecule has 2 N–H and O–H groups in total. The van der Waals surface area contributed by atoms with E-state index in [1.807, 2.05) is 6.20 Å². The molecular weight excluding hydrogens is 276 g/mol. The molecule has 0 radical (unpaired) electrons. The van der Waals surface area contributed by atoms with Crippen molar-refractivity contribution in [3.05, 3.63) is 18.0 Å². The number of aromatic amines is 1. The maximum Gasteiger partial charge on any atom is 0.183 e. The predicted octanol–water partition coefficient (Wildman–Crippen LogP) is 3.03. The van der Waals surface area contributed by atoms with E-state index in [-0.39, 0.29) is 5.60 Å². The third-order valence-electron chi connectivity index (χ3n) is 6.24. The van der Waals surface area contributed by atoms with E-state index in [1.165, 1.54) is 37.8 Å². The lowest BCUT2D eigenvalue weighted by Crippen LogP contribution is -2.61. The smallest absolute Gasteiger partial charge is 0.183 e. The van der Waals surface area contributed by atoms with Gasteiger partial charge >= 0.3 is 0 Å². The van der Waals surface area contributed by atoms with Crippen molar-refractivity contribution < 1.29 is 4.74 Å². The molecule has 116 valence electrons. The fourth-order valence-electron chi connectivity index (χ4n) is 5.18. The molecule has 1 aliphatic heterocycles. The monoisotopic (exact) mass is 298 g/mol. The first-order valence-corrected chi connectivity index (χ1v) is 8.48. The predicted molar refractivity (Wildman–Crippen MR) is 84.8 cm³/mol. The van der Waals surface area contributed by atoms with Crippen LogP contribution in [0.15, 0.2) is 12.3 Å². The fourth-order valence-corrected chi connectivity index (χ4v) is 5.18. The van der Waals surface area contributed by atoms with Crippen LogP contribution in [0.2, 0.25) is 0 Å². The van der Waals surface area contributed by atoms with Crippen molar-refractivity contribution in [2.24, 2.45) is 11.8 Å². The third kappa shape index (κ3) is 1.57. The van der Waals surface area contributed by atoms with Gasteiger partial charge in [0.05, 0.1) is 11.0 Å².